The minimum absolute atomic E-state index is 0.0183. The van der Waals surface area contributed by atoms with Crippen molar-refractivity contribution in [3.8, 4) is 0 Å². The molecule has 0 radical (unpaired) electrons. The van der Waals surface area contributed by atoms with E-state index in [1.54, 1.807) is 49.3 Å². The molecule has 0 amide bonds. The van der Waals surface area contributed by atoms with Crippen molar-refractivity contribution in [2.24, 2.45) is 4.99 Å². The molecule has 10 heteroatoms. The van der Waals surface area contributed by atoms with E-state index in [1.807, 2.05) is 0 Å². The Balaban J connectivity index is 1.99. The molecule has 3 rings (SSSR count). The number of nitro benzene ring substituents is 1. The molecule has 2 aromatic carbocycles. The molecule has 1 heterocycles. The molecule has 0 N–H and O–H groups in total. The highest BCUT2D eigenvalue weighted by Gasteiger charge is 2.25. The summed E-state index contributed by atoms with van der Waals surface area (Å²) in [4.78, 5) is 19.4. The molecule has 172 valence electrons. The predicted molar refractivity (Wildman–Crippen MR) is 128 cm³/mol. The smallest absolute Gasteiger partial charge is 0.293 e. The number of nitrogens with zero attached hydrogens (tertiary/aromatic N) is 5. The van der Waals surface area contributed by atoms with Gasteiger partial charge in [0.2, 0.25) is 10.0 Å². The van der Waals surface area contributed by atoms with E-state index in [0.29, 0.717) is 22.6 Å². The van der Waals surface area contributed by atoms with Crippen LogP contribution in [0.15, 0.2) is 46.3 Å². The number of hydrogen-bond donors (Lipinski definition) is 0. The molecule has 1 saturated heterocycles. The van der Waals surface area contributed by atoms with E-state index in [4.69, 9.17) is 0 Å². The predicted octanol–water partition coefficient (Wildman–Crippen LogP) is 3.65. The minimum Gasteiger partial charge on any atom is -0.372 e. The van der Waals surface area contributed by atoms with Crippen LogP contribution in [0.5, 0.6) is 0 Å². The van der Waals surface area contributed by atoms with Crippen LogP contribution in [0, 0.1) is 10.1 Å². The number of aliphatic imine (C=N–C) groups is 1. The van der Waals surface area contributed by atoms with E-state index in [2.05, 4.69) is 9.89 Å². The zero-order valence-corrected chi connectivity index (χ0v) is 19.7. The van der Waals surface area contributed by atoms with Crippen LogP contribution in [0.25, 0.3) is 0 Å². The zero-order chi connectivity index (χ0) is 23.5. The summed E-state index contributed by atoms with van der Waals surface area (Å²) in [6.07, 6.45) is 4.72. The highest BCUT2D eigenvalue weighted by atomic mass is 32.2. The van der Waals surface area contributed by atoms with Crippen molar-refractivity contribution in [3.05, 3.63) is 52.1 Å². The molecule has 0 bridgehead atoms. The maximum absolute atomic E-state index is 13.0. The molecule has 0 saturated carbocycles. The van der Waals surface area contributed by atoms with Gasteiger partial charge in [0, 0.05) is 53.6 Å². The maximum Gasteiger partial charge on any atom is 0.293 e. The number of anilines is 2. The van der Waals surface area contributed by atoms with Crippen LogP contribution < -0.4 is 9.80 Å². The molecule has 1 aliphatic rings. The highest BCUT2D eigenvalue weighted by Crippen LogP contribution is 2.33. The lowest BCUT2D eigenvalue weighted by molar-refractivity contribution is -0.384. The Morgan fingerprint density at radius 3 is 2.31 bits per heavy atom. The summed E-state index contributed by atoms with van der Waals surface area (Å²) < 4.78 is 27.2. The Bertz CT molecular complexity index is 1120. The quantitative estimate of drug-likeness (QED) is 0.356. The van der Waals surface area contributed by atoms with E-state index in [9.17, 15) is 18.5 Å². The largest absolute Gasteiger partial charge is 0.372 e. The third kappa shape index (κ3) is 5.08. The average Bonchev–Trinajstić information content (AvgIpc) is 2.77. The van der Waals surface area contributed by atoms with Crippen LogP contribution in [0.2, 0.25) is 0 Å². The molecule has 1 fully saturated rings. The molecular weight excluding hydrogens is 430 g/mol. The van der Waals surface area contributed by atoms with Crippen LogP contribution in [0.1, 0.15) is 24.8 Å². The molecule has 9 nitrogen and oxygen atoms in total. The van der Waals surface area contributed by atoms with E-state index in [1.165, 1.54) is 30.7 Å². The monoisotopic (exact) mass is 459 g/mol. The van der Waals surface area contributed by atoms with E-state index in [0.717, 1.165) is 32.4 Å². The highest BCUT2D eigenvalue weighted by molar-refractivity contribution is 7.89. The summed E-state index contributed by atoms with van der Waals surface area (Å²) in [5, 5.41) is 11.4. The van der Waals surface area contributed by atoms with Crippen molar-refractivity contribution in [3.63, 3.8) is 0 Å². The first kappa shape index (κ1) is 23.7. The fraction of sp³-hybridized carbons (Fsp3) is 0.409. The van der Waals surface area contributed by atoms with Gasteiger partial charge >= 0.3 is 0 Å². The third-order valence-corrected chi connectivity index (χ3v) is 7.28. The summed E-state index contributed by atoms with van der Waals surface area (Å²) in [5.74, 6) is 0. The summed E-state index contributed by atoms with van der Waals surface area (Å²) in [5.41, 5.74) is 2.18. The second kappa shape index (κ2) is 9.66. The number of benzene rings is 2. The van der Waals surface area contributed by atoms with Crippen molar-refractivity contribution < 1.29 is 13.3 Å². The Morgan fingerprint density at radius 1 is 1.03 bits per heavy atom. The van der Waals surface area contributed by atoms with Crippen LogP contribution in [-0.2, 0) is 10.0 Å². The molecule has 0 atom stereocenters. The molecule has 0 spiro atoms. The number of rotatable bonds is 7. The fourth-order valence-corrected chi connectivity index (χ4v) is 4.80. The molecule has 0 unspecified atom stereocenters. The summed E-state index contributed by atoms with van der Waals surface area (Å²) in [6.45, 7) is 1.64. The van der Waals surface area contributed by atoms with E-state index < -0.39 is 14.9 Å². The van der Waals surface area contributed by atoms with Gasteiger partial charge in [-0.1, -0.05) is 6.07 Å². The van der Waals surface area contributed by atoms with Gasteiger partial charge in [0.15, 0.2) is 0 Å². The molecule has 2 aromatic rings. The van der Waals surface area contributed by atoms with Crippen LogP contribution >= 0.6 is 0 Å². The number of hydrogen-bond acceptors (Lipinski definition) is 7. The third-order valence-electron chi connectivity index (χ3n) is 5.44. The summed E-state index contributed by atoms with van der Waals surface area (Å²) in [7, 11) is 2.83. The van der Waals surface area contributed by atoms with Crippen molar-refractivity contribution in [1.82, 2.24) is 4.31 Å². The molecule has 32 heavy (non-hydrogen) atoms. The Morgan fingerprint density at radius 2 is 1.72 bits per heavy atom. The van der Waals surface area contributed by atoms with Gasteiger partial charge < -0.3 is 9.80 Å². The topological polar surface area (TPSA) is 99.4 Å². The number of piperidine rings is 1. The second-order valence-electron chi connectivity index (χ2n) is 8.15. The van der Waals surface area contributed by atoms with Gasteiger partial charge in [0.05, 0.1) is 16.3 Å². The lowest BCUT2D eigenvalue weighted by Crippen LogP contribution is -2.32. The van der Waals surface area contributed by atoms with Crippen molar-refractivity contribution >= 4 is 39.0 Å². The van der Waals surface area contributed by atoms with Gasteiger partial charge in [0.25, 0.3) is 5.69 Å². The molecule has 0 aliphatic carbocycles. The standard InChI is InChI=1S/C22H29N5O4S/c1-24(2)19-10-8-17(14-21(19)27(28)29)16-23-18-9-11-20(26-12-6-5-7-13-26)22(15-18)32(30,31)25(3)4/h8-11,14-16H,5-7,12-13H2,1-4H3. The average molecular weight is 460 g/mol. The number of sulfonamides is 1. The summed E-state index contributed by atoms with van der Waals surface area (Å²) in [6, 6.07) is 10.0. The second-order valence-corrected chi connectivity index (χ2v) is 10.3. The van der Waals surface area contributed by atoms with E-state index in [-0.39, 0.29) is 10.6 Å². The molecule has 0 aromatic heterocycles. The van der Waals surface area contributed by atoms with Crippen LogP contribution in [-0.4, -0.2) is 65.1 Å². The Labute approximate surface area is 189 Å². The summed E-state index contributed by atoms with van der Waals surface area (Å²) >= 11 is 0. The zero-order valence-electron chi connectivity index (χ0n) is 18.9. The van der Waals surface area contributed by atoms with Gasteiger partial charge in [-0.2, -0.15) is 0 Å². The minimum atomic E-state index is -3.67. The molecule has 1 aliphatic heterocycles. The Kier molecular flexibility index (Phi) is 7.15. The van der Waals surface area contributed by atoms with Gasteiger partial charge in [-0.3, -0.25) is 15.1 Å². The van der Waals surface area contributed by atoms with Crippen LogP contribution in [0.4, 0.5) is 22.7 Å². The van der Waals surface area contributed by atoms with Gasteiger partial charge in [-0.25, -0.2) is 12.7 Å². The van der Waals surface area contributed by atoms with Gasteiger partial charge in [-0.05, 0) is 49.1 Å². The van der Waals surface area contributed by atoms with Gasteiger partial charge in [-0.15, -0.1) is 0 Å². The number of nitro groups is 1. The lowest BCUT2D eigenvalue weighted by atomic mass is 10.1. The fourth-order valence-electron chi connectivity index (χ4n) is 3.68. The van der Waals surface area contributed by atoms with Crippen molar-refractivity contribution in [1.29, 1.82) is 0 Å². The van der Waals surface area contributed by atoms with Crippen LogP contribution in [0.3, 0.4) is 0 Å². The van der Waals surface area contributed by atoms with Crippen molar-refractivity contribution in [2.45, 2.75) is 24.2 Å². The normalized spacial score (nSPS) is 14.8. The first-order valence-corrected chi connectivity index (χ1v) is 11.9. The molecular formula is C22H29N5O4S. The first-order chi connectivity index (χ1) is 15.1. The first-order valence-electron chi connectivity index (χ1n) is 10.4. The lowest BCUT2D eigenvalue weighted by Gasteiger charge is -2.31. The van der Waals surface area contributed by atoms with Crippen molar-refractivity contribution in [2.75, 3.05) is 51.1 Å². The SMILES string of the molecule is CN(C)c1ccc(C=Nc2ccc(N3CCCCC3)c(S(=O)(=O)N(C)C)c2)cc1[N+](=O)[O-]. The van der Waals surface area contributed by atoms with Gasteiger partial charge in [0.1, 0.15) is 10.6 Å². The van der Waals surface area contributed by atoms with E-state index >= 15 is 0 Å². The Hall–Kier alpha value is -2.98. The maximum atomic E-state index is 13.0.